The van der Waals surface area contributed by atoms with Gasteiger partial charge in [-0.25, -0.2) is 4.79 Å². The van der Waals surface area contributed by atoms with E-state index in [1.807, 2.05) is 0 Å². The van der Waals surface area contributed by atoms with E-state index < -0.39 is 105 Å². The minimum Gasteiger partial charge on any atom is -0.479 e. The van der Waals surface area contributed by atoms with Crippen LogP contribution in [0.3, 0.4) is 0 Å². The van der Waals surface area contributed by atoms with Crippen LogP contribution in [0.15, 0.2) is 0 Å². The highest BCUT2D eigenvalue weighted by Gasteiger charge is 2.55. The number of carboxylic acid groups (broad SMARTS) is 1. The lowest BCUT2D eigenvalue weighted by Gasteiger charge is -2.47. The summed E-state index contributed by atoms with van der Waals surface area (Å²) in [5, 5.41) is 72.8. The van der Waals surface area contributed by atoms with Crippen molar-refractivity contribution >= 4 is 18.9 Å². The molecule has 7 N–H and O–H groups in total. The Morgan fingerprint density at radius 3 is 1.82 bits per heavy atom. The third kappa shape index (κ3) is 6.47. The molecule has 0 aliphatic carbocycles. The topological polar surface area (TPSA) is 267 Å². The van der Waals surface area contributed by atoms with E-state index in [1.54, 1.807) is 0 Å². The lowest BCUT2D eigenvalue weighted by atomic mass is 9.84. The average molecular weight is 572 g/mol. The van der Waals surface area contributed by atoms with Crippen molar-refractivity contribution in [2.24, 2.45) is 5.92 Å². The van der Waals surface area contributed by atoms with Crippen molar-refractivity contribution in [3.05, 3.63) is 0 Å². The number of ether oxygens (including phenoxy) is 8. The normalized spacial score (nSPS) is 46.7. The zero-order valence-corrected chi connectivity index (χ0v) is 20.6. The second-order valence-corrected chi connectivity index (χ2v) is 9.02. The molecule has 224 valence electrons. The molecule has 3 aliphatic rings. The lowest BCUT2D eigenvalue weighted by Crippen LogP contribution is -2.65. The molecule has 0 aromatic carbocycles. The number of hydrogen-bond donors (Lipinski definition) is 7. The van der Waals surface area contributed by atoms with Gasteiger partial charge in [0.15, 0.2) is 18.7 Å². The van der Waals surface area contributed by atoms with Crippen LogP contribution >= 0.6 is 0 Å². The van der Waals surface area contributed by atoms with Crippen LogP contribution in [-0.2, 0) is 52.3 Å². The van der Waals surface area contributed by atoms with Crippen LogP contribution in [0.4, 0.5) is 0 Å². The second-order valence-electron chi connectivity index (χ2n) is 9.02. The smallest absolute Gasteiger partial charge is 0.335 e. The highest BCUT2D eigenvalue weighted by Crippen LogP contribution is 2.36. The van der Waals surface area contributed by atoms with Crippen molar-refractivity contribution < 1.29 is 88.0 Å². The molecule has 0 bridgehead atoms. The largest absolute Gasteiger partial charge is 0.479 e. The Kier molecular flexibility index (Phi) is 10.9. The highest BCUT2D eigenvalue weighted by atomic mass is 16.8. The molecule has 0 aromatic rings. The molecule has 3 fully saturated rings. The van der Waals surface area contributed by atoms with E-state index in [0.29, 0.717) is 0 Å². The maximum atomic E-state index is 12.0. The molecular weight excluding hydrogens is 540 g/mol. The molecule has 0 amide bonds. The quantitative estimate of drug-likeness (QED) is 0.114. The van der Waals surface area contributed by atoms with Crippen LogP contribution < -0.4 is 0 Å². The van der Waals surface area contributed by atoms with E-state index in [9.17, 15) is 50.1 Å². The number of carbonyl (C=O) groups excluding carboxylic acids is 2. The molecule has 0 radical (unpaired) electrons. The second kappa shape index (κ2) is 13.5. The molecule has 12 unspecified atom stereocenters. The number of methoxy groups -OCH3 is 2. The Balaban J connectivity index is 1.79. The van der Waals surface area contributed by atoms with Crippen LogP contribution in [0, 0.1) is 5.92 Å². The summed E-state index contributed by atoms with van der Waals surface area (Å²) in [6.07, 6.45) is -24.5. The molecule has 3 heterocycles. The Morgan fingerprint density at radius 1 is 0.692 bits per heavy atom. The van der Waals surface area contributed by atoms with Crippen molar-refractivity contribution in [2.45, 2.75) is 92.6 Å². The first-order chi connectivity index (χ1) is 18.5. The van der Waals surface area contributed by atoms with Crippen molar-refractivity contribution in [1.29, 1.82) is 0 Å². The number of carbonyl (C=O) groups is 3. The Hall–Kier alpha value is -2.07. The first kappa shape index (κ1) is 31.5. The van der Waals surface area contributed by atoms with Gasteiger partial charge in [0.2, 0.25) is 12.6 Å². The van der Waals surface area contributed by atoms with Gasteiger partial charge in [0.1, 0.15) is 42.7 Å². The minimum absolute atomic E-state index is 0.00533. The summed E-state index contributed by atoms with van der Waals surface area (Å²) in [7, 11) is 2.30. The Morgan fingerprint density at radius 2 is 1.26 bits per heavy atom. The first-order valence-corrected chi connectivity index (χ1v) is 11.7. The van der Waals surface area contributed by atoms with E-state index in [2.05, 4.69) is 4.74 Å². The number of hydrogen-bond acceptors (Lipinski definition) is 17. The van der Waals surface area contributed by atoms with E-state index in [1.165, 1.54) is 0 Å². The number of rotatable bonds is 11. The van der Waals surface area contributed by atoms with Gasteiger partial charge in [-0.2, -0.15) is 0 Å². The molecule has 39 heavy (non-hydrogen) atoms. The summed E-state index contributed by atoms with van der Waals surface area (Å²) in [6, 6.07) is 0. The molecule has 18 heteroatoms. The molecule has 3 aliphatic heterocycles. The molecule has 3 rings (SSSR count). The fourth-order valence-electron chi connectivity index (χ4n) is 4.76. The summed E-state index contributed by atoms with van der Waals surface area (Å²) < 4.78 is 40.7. The SMILES string of the molecule is COC1C(OC=O)O[C@@H](O[C@@H]2C(C(=O)O)OC(CC3C(OC=O)O[C@@H](OC)C(O)C3O)C(O)C2O)C(O)C1O. The summed E-state index contributed by atoms with van der Waals surface area (Å²) in [5.74, 6) is -2.96. The molecule has 15 atom stereocenters. The molecule has 3 saturated heterocycles. The van der Waals surface area contributed by atoms with Crippen molar-refractivity contribution in [1.82, 2.24) is 0 Å². The molecule has 0 aromatic heterocycles. The van der Waals surface area contributed by atoms with Gasteiger partial charge >= 0.3 is 5.97 Å². The van der Waals surface area contributed by atoms with Gasteiger partial charge in [0.25, 0.3) is 12.9 Å². The van der Waals surface area contributed by atoms with E-state index in [0.717, 1.165) is 14.2 Å². The zero-order valence-electron chi connectivity index (χ0n) is 20.6. The van der Waals surface area contributed by atoms with E-state index >= 15 is 0 Å². The van der Waals surface area contributed by atoms with Gasteiger partial charge in [0.05, 0.1) is 18.1 Å². The predicted molar refractivity (Wildman–Crippen MR) is 115 cm³/mol. The van der Waals surface area contributed by atoms with Gasteiger partial charge in [0, 0.05) is 14.2 Å². The number of aliphatic carboxylic acids is 1. The predicted octanol–water partition coefficient (Wildman–Crippen LogP) is -5.23. The number of aliphatic hydroxyl groups excluding tert-OH is 6. The van der Waals surface area contributed by atoms with Crippen molar-refractivity contribution in [3.63, 3.8) is 0 Å². The highest BCUT2D eigenvalue weighted by molar-refractivity contribution is 5.73. The lowest BCUT2D eigenvalue weighted by molar-refractivity contribution is -0.368. The Bertz CT molecular complexity index is 829. The Labute approximate surface area is 220 Å². The molecule has 0 saturated carbocycles. The summed E-state index contributed by atoms with van der Waals surface area (Å²) in [6.45, 7) is -0.0206. The van der Waals surface area contributed by atoms with Crippen LogP contribution in [0.5, 0.6) is 0 Å². The fraction of sp³-hybridized carbons (Fsp3) is 0.857. The minimum atomic E-state index is -2.02. The van der Waals surface area contributed by atoms with Gasteiger partial charge in [-0.05, 0) is 6.42 Å². The van der Waals surface area contributed by atoms with Gasteiger partial charge < -0.3 is 73.6 Å². The monoisotopic (exact) mass is 572 g/mol. The van der Waals surface area contributed by atoms with E-state index in [-0.39, 0.29) is 12.9 Å². The van der Waals surface area contributed by atoms with Crippen LogP contribution in [0.25, 0.3) is 0 Å². The van der Waals surface area contributed by atoms with Crippen LogP contribution in [0.2, 0.25) is 0 Å². The first-order valence-electron chi connectivity index (χ1n) is 11.7. The number of carboxylic acids is 1. The van der Waals surface area contributed by atoms with Gasteiger partial charge in [-0.1, -0.05) is 0 Å². The van der Waals surface area contributed by atoms with Crippen molar-refractivity contribution in [3.8, 4) is 0 Å². The average Bonchev–Trinajstić information content (AvgIpc) is 2.90. The number of aliphatic hydroxyl groups is 6. The third-order valence-electron chi connectivity index (χ3n) is 6.80. The zero-order chi connectivity index (χ0) is 29.0. The summed E-state index contributed by atoms with van der Waals surface area (Å²) in [5.41, 5.74) is 0. The maximum absolute atomic E-state index is 12.0. The molecule has 0 spiro atoms. The summed E-state index contributed by atoms with van der Waals surface area (Å²) >= 11 is 0. The van der Waals surface area contributed by atoms with Crippen molar-refractivity contribution in [2.75, 3.05) is 14.2 Å². The van der Waals surface area contributed by atoms with Gasteiger partial charge in [-0.15, -0.1) is 0 Å². The van der Waals surface area contributed by atoms with Gasteiger partial charge in [-0.3, -0.25) is 9.59 Å². The fourth-order valence-corrected chi connectivity index (χ4v) is 4.76. The molecule has 18 nitrogen and oxygen atoms in total. The van der Waals surface area contributed by atoms with Crippen LogP contribution in [-0.4, -0.2) is 155 Å². The third-order valence-corrected chi connectivity index (χ3v) is 6.80. The van der Waals surface area contributed by atoms with E-state index in [4.69, 9.17) is 33.2 Å². The molecular formula is C21H32O18. The standard InChI is InChI=1S/C21H32O18/c1-32-15-11(27)13(29)20(39-21(15)35-5-23)37-14-10(26)9(25)7(36-16(14)17(30)31)3-6-8(24)12(28)19(33-2)38-18(6)34-4-22/h4-16,18-21,24-29H,3H2,1-2H3,(H,30,31)/t6?,7?,8?,9?,10?,11?,12?,13?,14-,15?,16?,18?,19+,20+,21?/m0/s1. The van der Waals surface area contributed by atoms with Crippen LogP contribution in [0.1, 0.15) is 6.42 Å². The maximum Gasteiger partial charge on any atom is 0.335 e. The summed E-state index contributed by atoms with van der Waals surface area (Å²) in [4.78, 5) is 33.8.